The van der Waals surface area contributed by atoms with Crippen LogP contribution in [0.4, 0.5) is 0 Å². The maximum atomic E-state index is 13.1. The van der Waals surface area contributed by atoms with Crippen LogP contribution >= 0.6 is 0 Å². The number of piperidine rings is 2. The van der Waals surface area contributed by atoms with Crippen LogP contribution in [0.15, 0.2) is 24.3 Å². The minimum atomic E-state index is -0.313. The average Bonchev–Trinajstić information content (AvgIpc) is 2.94. The van der Waals surface area contributed by atoms with E-state index in [4.69, 9.17) is 0 Å². The molecule has 126 valence electrons. The molecule has 3 heteroatoms. The molecule has 1 N–H and O–H groups in total. The summed E-state index contributed by atoms with van der Waals surface area (Å²) in [5, 5.41) is 1.32. The minimum Gasteiger partial charge on any atom is -0.357 e. The number of benzene rings is 1. The zero-order chi connectivity index (χ0) is 16.5. The molecule has 4 heterocycles. The molecule has 6 rings (SSSR count). The van der Waals surface area contributed by atoms with Crippen molar-refractivity contribution in [3.63, 3.8) is 0 Å². The number of rotatable bonds is 2. The van der Waals surface area contributed by atoms with E-state index in [0.29, 0.717) is 23.7 Å². The van der Waals surface area contributed by atoms with Gasteiger partial charge in [0.1, 0.15) is 5.78 Å². The quantitative estimate of drug-likeness (QED) is 0.916. The SMILES string of the molecule is CCC1CC2CN3CCc4c([nH]c5ccccc45)C(C(C)=O)(C2)C13. The third-order valence-corrected chi connectivity index (χ3v) is 7.15. The number of H-pyrrole nitrogens is 1. The highest BCUT2D eigenvalue weighted by atomic mass is 16.1. The lowest BCUT2D eigenvalue weighted by atomic mass is 9.55. The Hall–Kier alpha value is -1.61. The summed E-state index contributed by atoms with van der Waals surface area (Å²) in [6.45, 7) is 6.44. The maximum absolute atomic E-state index is 13.1. The smallest absolute Gasteiger partial charge is 0.143 e. The summed E-state index contributed by atoms with van der Waals surface area (Å²) in [6.07, 6.45) is 4.60. The van der Waals surface area contributed by atoms with Gasteiger partial charge in [-0.3, -0.25) is 9.69 Å². The Morgan fingerprint density at radius 2 is 2.21 bits per heavy atom. The lowest BCUT2D eigenvalue weighted by Gasteiger charge is -2.58. The number of para-hydroxylation sites is 1. The van der Waals surface area contributed by atoms with Gasteiger partial charge in [0.05, 0.1) is 5.41 Å². The number of Topliss-reactive ketones (excluding diaryl/α,β-unsaturated/α-hetero) is 1. The summed E-state index contributed by atoms with van der Waals surface area (Å²) in [6, 6.07) is 8.98. The average molecular weight is 322 g/mol. The Bertz CT molecular complexity index is 822. The van der Waals surface area contributed by atoms with E-state index >= 15 is 0 Å². The standard InChI is InChI=1S/C21H26N2O/c1-3-15-10-14-11-21(13(2)24)19-17(8-9-23(12-14)20(15)21)16-6-4-5-7-18(16)22-19/h4-7,14-15,20,22H,3,8-12H2,1-2H3. The summed E-state index contributed by atoms with van der Waals surface area (Å²) < 4.78 is 0. The lowest BCUT2D eigenvalue weighted by molar-refractivity contribution is -0.136. The second-order valence-corrected chi connectivity index (χ2v) is 8.22. The van der Waals surface area contributed by atoms with Crippen LogP contribution in [-0.4, -0.2) is 34.8 Å². The van der Waals surface area contributed by atoms with Gasteiger partial charge in [0.25, 0.3) is 0 Å². The van der Waals surface area contributed by atoms with E-state index in [1.54, 1.807) is 0 Å². The van der Waals surface area contributed by atoms with Crippen molar-refractivity contribution in [2.45, 2.75) is 51.0 Å². The zero-order valence-electron chi connectivity index (χ0n) is 14.6. The van der Waals surface area contributed by atoms with E-state index in [1.807, 2.05) is 6.92 Å². The van der Waals surface area contributed by atoms with E-state index in [0.717, 1.165) is 19.4 Å². The van der Waals surface area contributed by atoms with Gasteiger partial charge in [-0.05, 0) is 49.7 Å². The molecule has 0 radical (unpaired) electrons. The number of carbonyl (C=O) groups is 1. The van der Waals surface area contributed by atoms with Crippen molar-refractivity contribution >= 4 is 16.7 Å². The van der Waals surface area contributed by atoms with E-state index in [1.165, 1.54) is 41.5 Å². The van der Waals surface area contributed by atoms with Crippen molar-refractivity contribution in [1.82, 2.24) is 9.88 Å². The number of hydrogen-bond acceptors (Lipinski definition) is 2. The van der Waals surface area contributed by atoms with Gasteiger partial charge in [-0.15, -0.1) is 0 Å². The van der Waals surface area contributed by atoms with Gasteiger partial charge in [0, 0.05) is 35.7 Å². The van der Waals surface area contributed by atoms with Crippen LogP contribution < -0.4 is 0 Å². The number of carbonyl (C=O) groups excluding carboxylic acids is 1. The number of nitrogens with zero attached hydrogens (tertiary/aromatic N) is 1. The molecule has 1 aromatic heterocycles. The molecule has 1 aliphatic carbocycles. The van der Waals surface area contributed by atoms with Gasteiger partial charge in [0.2, 0.25) is 0 Å². The molecule has 5 unspecified atom stereocenters. The monoisotopic (exact) mass is 322 g/mol. The molecule has 0 amide bonds. The molecule has 5 atom stereocenters. The van der Waals surface area contributed by atoms with Crippen LogP contribution in [0, 0.1) is 11.8 Å². The normalized spacial score (nSPS) is 37.2. The summed E-state index contributed by atoms with van der Waals surface area (Å²) >= 11 is 0. The molecule has 4 aliphatic rings. The second-order valence-electron chi connectivity index (χ2n) is 8.22. The third kappa shape index (κ3) is 1.69. The summed E-state index contributed by atoms with van der Waals surface area (Å²) in [5.41, 5.74) is 3.55. The van der Waals surface area contributed by atoms with E-state index in [9.17, 15) is 4.79 Å². The van der Waals surface area contributed by atoms with Crippen LogP contribution in [0.3, 0.4) is 0 Å². The molecule has 3 aliphatic heterocycles. The Balaban J connectivity index is 1.81. The molecular weight excluding hydrogens is 296 g/mol. The fourth-order valence-corrected chi connectivity index (χ4v) is 6.31. The van der Waals surface area contributed by atoms with Gasteiger partial charge < -0.3 is 4.98 Å². The number of aromatic nitrogens is 1. The molecule has 3 nitrogen and oxygen atoms in total. The highest BCUT2D eigenvalue weighted by Crippen LogP contribution is 2.55. The van der Waals surface area contributed by atoms with Crippen molar-refractivity contribution in [2.75, 3.05) is 13.1 Å². The van der Waals surface area contributed by atoms with Crippen molar-refractivity contribution in [1.29, 1.82) is 0 Å². The lowest BCUT2D eigenvalue weighted by Crippen LogP contribution is -2.66. The number of aromatic amines is 1. The van der Waals surface area contributed by atoms with Crippen LogP contribution in [0.2, 0.25) is 0 Å². The predicted octanol–water partition coefficient (Wildman–Crippen LogP) is 3.67. The predicted molar refractivity (Wildman–Crippen MR) is 96.2 cm³/mol. The first-order valence-corrected chi connectivity index (χ1v) is 9.50. The Kier molecular flexibility index (Phi) is 3.03. The van der Waals surface area contributed by atoms with Crippen LogP contribution in [0.5, 0.6) is 0 Å². The van der Waals surface area contributed by atoms with Gasteiger partial charge in [-0.1, -0.05) is 31.5 Å². The molecule has 2 saturated heterocycles. The van der Waals surface area contributed by atoms with Crippen molar-refractivity contribution in [3.05, 3.63) is 35.5 Å². The largest absolute Gasteiger partial charge is 0.357 e. The number of nitrogens with one attached hydrogen (secondary N) is 1. The van der Waals surface area contributed by atoms with Crippen molar-refractivity contribution < 1.29 is 4.79 Å². The number of ketones is 1. The molecule has 2 aromatic rings. The maximum Gasteiger partial charge on any atom is 0.143 e. The van der Waals surface area contributed by atoms with Gasteiger partial charge in [-0.2, -0.15) is 0 Å². The topological polar surface area (TPSA) is 36.1 Å². The summed E-state index contributed by atoms with van der Waals surface area (Å²) in [5.74, 6) is 1.69. The van der Waals surface area contributed by atoms with E-state index in [2.05, 4.69) is 41.1 Å². The van der Waals surface area contributed by atoms with Gasteiger partial charge in [-0.25, -0.2) is 0 Å². The van der Waals surface area contributed by atoms with Crippen LogP contribution in [0.25, 0.3) is 10.9 Å². The van der Waals surface area contributed by atoms with E-state index in [-0.39, 0.29) is 5.41 Å². The van der Waals surface area contributed by atoms with E-state index < -0.39 is 0 Å². The highest BCUT2D eigenvalue weighted by molar-refractivity contribution is 5.94. The third-order valence-electron chi connectivity index (χ3n) is 7.15. The molecule has 3 fully saturated rings. The van der Waals surface area contributed by atoms with Gasteiger partial charge in [0.15, 0.2) is 0 Å². The first-order valence-electron chi connectivity index (χ1n) is 9.50. The molecule has 4 bridgehead atoms. The van der Waals surface area contributed by atoms with Crippen LogP contribution in [0.1, 0.15) is 44.4 Å². The Morgan fingerprint density at radius 1 is 1.38 bits per heavy atom. The molecule has 24 heavy (non-hydrogen) atoms. The van der Waals surface area contributed by atoms with Gasteiger partial charge >= 0.3 is 0 Å². The Labute approximate surface area is 143 Å². The second kappa shape index (κ2) is 4.95. The zero-order valence-corrected chi connectivity index (χ0v) is 14.6. The number of fused-ring (bicyclic) bond motifs is 4. The summed E-state index contributed by atoms with van der Waals surface area (Å²) in [7, 11) is 0. The highest BCUT2D eigenvalue weighted by Gasteiger charge is 2.60. The van der Waals surface area contributed by atoms with Crippen LogP contribution in [-0.2, 0) is 16.6 Å². The summed E-state index contributed by atoms with van der Waals surface area (Å²) in [4.78, 5) is 19.5. The minimum absolute atomic E-state index is 0.313. The Morgan fingerprint density at radius 3 is 3.00 bits per heavy atom. The molecular formula is C21H26N2O. The van der Waals surface area contributed by atoms with Crippen molar-refractivity contribution in [3.8, 4) is 0 Å². The first-order chi connectivity index (χ1) is 11.6. The fourth-order valence-electron chi connectivity index (χ4n) is 6.31. The number of hydrogen-bond donors (Lipinski definition) is 1. The molecule has 1 saturated carbocycles. The first kappa shape index (κ1) is 14.7. The van der Waals surface area contributed by atoms with Crippen molar-refractivity contribution in [2.24, 2.45) is 11.8 Å². The molecule has 1 aromatic carbocycles. The molecule has 0 spiro atoms. The fraction of sp³-hybridized carbons (Fsp3) is 0.571.